The Kier molecular flexibility index (Phi) is 14.4. The maximum atomic E-state index is 13.8. The van der Waals surface area contributed by atoms with Gasteiger partial charge in [-0.1, -0.05) is 76.7 Å². The van der Waals surface area contributed by atoms with Gasteiger partial charge in [-0.05, 0) is 83.6 Å². The molecule has 0 saturated carbocycles. The van der Waals surface area contributed by atoms with Crippen LogP contribution in [-0.4, -0.2) is 95.0 Å². The Morgan fingerprint density at radius 3 is 2.17 bits per heavy atom. The number of carbonyl (C=O) groups excluding carboxylic acids is 4. The molecule has 14 nitrogen and oxygen atoms in total. The van der Waals surface area contributed by atoms with E-state index in [-0.39, 0.29) is 35.5 Å². The van der Waals surface area contributed by atoms with Gasteiger partial charge in [-0.15, -0.1) is 0 Å². The third-order valence-corrected chi connectivity index (χ3v) is 10.3. The van der Waals surface area contributed by atoms with Crippen molar-refractivity contribution >= 4 is 46.2 Å². The van der Waals surface area contributed by atoms with Gasteiger partial charge in [0.05, 0.1) is 32.5 Å². The normalized spacial score (nSPS) is 18.0. The second-order valence-corrected chi connectivity index (χ2v) is 14.8. The third-order valence-electron chi connectivity index (χ3n) is 10.3. The molecule has 14 heteroatoms. The highest BCUT2D eigenvalue weighted by Crippen LogP contribution is 2.32. The molecular formula is C44H52N8O6. The van der Waals surface area contributed by atoms with Crippen LogP contribution in [0.3, 0.4) is 0 Å². The van der Waals surface area contributed by atoms with Gasteiger partial charge in [-0.3, -0.25) is 9.59 Å². The molecule has 0 aliphatic carbocycles. The molecule has 4 amide bonds. The number of nitrogens with zero attached hydrogens (tertiary/aromatic N) is 4. The molecule has 0 radical (unpaired) electrons. The largest absolute Gasteiger partial charge is 0.453 e. The summed E-state index contributed by atoms with van der Waals surface area (Å²) < 4.78 is 9.52. The number of carbonyl (C=O) groups is 4. The molecule has 0 bridgehead atoms. The summed E-state index contributed by atoms with van der Waals surface area (Å²) in [6, 6.07) is 11.6. The standard InChI is InChI=1S/C44H52N8O6/c1-8-33(31-22-21-29-15-9-10-16-30(29)25-31)34(48-39(45)35-19-13-23-51(35)41(53)37(27(2)3)49-43(55)57-6)18-12-11-17-32-26-46-40(47-32)36-20-14-24-52(36)42(54)38(28(4)5)50-44(56)58-7/h8-10,15-16,21-22,25-28,35-38H,1,13-14,19-20,23-24H2,2-7H3,(H2,45,48)(H,46,47)(H,49,55)(H,50,56)/b34-33+/t35-,36-,37-,38-/m0/s1. The summed E-state index contributed by atoms with van der Waals surface area (Å²) in [5.41, 5.74) is 9.00. The number of benzene rings is 2. The number of aromatic amines is 1. The smallest absolute Gasteiger partial charge is 0.407 e. The number of allylic oxidation sites excluding steroid dienone is 3. The maximum absolute atomic E-state index is 13.8. The Bertz CT molecular complexity index is 2220. The average Bonchev–Trinajstić information content (AvgIpc) is 4.01. The zero-order valence-electron chi connectivity index (χ0n) is 33.9. The van der Waals surface area contributed by atoms with E-state index in [0.717, 1.165) is 22.8 Å². The predicted octanol–water partition coefficient (Wildman–Crippen LogP) is 5.29. The van der Waals surface area contributed by atoms with Gasteiger partial charge in [0.1, 0.15) is 35.1 Å². The second kappa shape index (κ2) is 19.6. The van der Waals surface area contributed by atoms with E-state index >= 15 is 0 Å². The number of hydrogen-bond donors (Lipinski definition) is 4. The number of rotatable bonds is 11. The number of H-pyrrole nitrogens is 1. The fraction of sp³-hybridized carbons (Fsp3) is 0.409. The summed E-state index contributed by atoms with van der Waals surface area (Å²) in [6.45, 7) is 12.5. The Morgan fingerprint density at radius 1 is 0.914 bits per heavy atom. The lowest BCUT2D eigenvalue weighted by Crippen LogP contribution is -2.54. The molecule has 2 aliphatic heterocycles. The molecule has 0 spiro atoms. The molecule has 2 aromatic carbocycles. The first kappa shape index (κ1) is 42.6. The Hall–Kier alpha value is -6.54. The number of methoxy groups -OCH3 is 2. The number of fused-ring (bicyclic) bond motifs is 1. The van der Waals surface area contributed by atoms with Crippen LogP contribution in [0, 0.1) is 35.5 Å². The van der Waals surface area contributed by atoms with Crippen LogP contribution in [0.1, 0.15) is 76.5 Å². The van der Waals surface area contributed by atoms with E-state index in [1.807, 2.05) is 70.2 Å². The fourth-order valence-corrected chi connectivity index (χ4v) is 7.23. The minimum atomic E-state index is -0.812. The Morgan fingerprint density at radius 2 is 1.53 bits per heavy atom. The zero-order valence-corrected chi connectivity index (χ0v) is 33.9. The number of amides is 4. The van der Waals surface area contributed by atoms with Crippen molar-refractivity contribution in [1.29, 1.82) is 0 Å². The van der Waals surface area contributed by atoms with Gasteiger partial charge < -0.3 is 40.6 Å². The van der Waals surface area contributed by atoms with Crippen molar-refractivity contribution < 1.29 is 28.7 Å². The van der Waals surface area contributed by atoms with E-state index < -0.39 is 30.3 Å². The number of amidine groups is 1. The molecular weight excluding hydrogens is 737 g/mol. The van der Waals surface area contributed by atoms with Crippen molar-refractivity contribution in [1.82, 2.24) is 30.4 Å². The highest BCUT2D eigenvalue weighted by molar-refractivity contribution is 5.96. The molecule has 1 aromatic heterocycles. The van der Waals surface area contributed by atoms with Gasteiger partial charge in [-0.2, -0.15) is 0 Å². The summed E-state index contributed by atoms with van der Waals surface area (Å²) in [5, 5.41) is 7.41. The first-order valence-corrected chi connectivity index (χ1v) is 19.4. The number of imidazole rings is 1. The van der Waals surface area contributed by atoms with Crippen molar-refractivity contribution in [3.8, 4) is 23.7 Å². The predicted molar refractivity (Wildman–Crippen MR) is 223 cm³/mol. The fourth-order valence-electron chi connectivity index (χ4n) is 7.23. The molecule has 2 saturated heterocycles. The second-order valence-electron chi connectivity index (χ2n) is 14.8. The minimum absolute atomic E-state index is 0.155. The number of ether oxygens (including phenoxy) is 2. The molecule has 5 rings (SSSR count). The van der Waals surface area contributed by atoms with Crippen molar-refractivity contribution in [2.45, 2.75) is 77.5 Å². The first-order chi connectivity index (χ1) is 27.9. The van der Waals surface area contributed by atoms with Crippen LogP contribution in [0.5, 0.6) is 0 Å². The number of aromatic nitrogens is 2. The van der Waals surface area contributed by atoms with Crippen LogP contribution in [0.2, 0.25) is 0 Å². The summed E-state index contributed by atoms with van der Waals surface area (Å²) in [7, 11) is 2.52. The molecule has 3 heterocycles. The van der Waals surface area contributed by atoms with Crippen LogP contribution in [0.15, 0.2) is 72.0 Å². The quantitative estimate of drug-likeness (QED) is 0.0875. The van der Waals surface area contributed by atoms with Crippen molar-refractivity contribution in [3.63, 3.8) is 0 Å². The Balaban J connectivity index is 1.46. The number of aliphatic imine (C=N–C) groups is 1. The van der Waals surface area contributed by atoms with E-state index in [1.165, 1.54) is 14.2 Å². The number of alkyl carbamates (subject to hydrolysis) is 2. The average molecular weight is 789 g/mol. The summed E-state index contributed by atoms with van der Waals surface area (Å²) >= 11 is 0. The van der Waals surface area contributed by atoms with Gasteiger partial charge >= 0.3 is 12.2 Å². The van der Waals surface area contributed by atoms with Crippen LogP contribution in [-0.2, 0) is 19.1 Å². The molecule has 58 heavy (non-hydrogen) atoms. The molecule has 4 atom stereocenters. The number of nitrogens with two attached hydrogens (primary N) is 1. The molecule has 0 unspecified atom stereocenters. The van der Waals surface area contributed by atoms with Crippen LogP contribution >= 0.6 is 0 Å². The van der Waals surface area contributed by atoms with Gasteiger partial charge in [0, 0.05) is 18.7 Å². The van der Waals surface area contributed by atoms with Crippen LogP contribution < -0.4 is 16.4 Å². The van der Waals surface area contributed by atoms with E-state index in [1.54, 1.807) is 22.1 Å². The van der Waals surface area contributed by atoms with E-state index in [4.69, 9.17) is 20.2 Å². The monoisotopic (exact) mass is 788 g/mol. The zero-order chi connectivity index (χ0) is 41.9. The Labute approximate surface area is 339 Å². The van der Waals surface area contributed by atoms with Crippen LogP contribution in [0.4, 0.5) is 9.59 Å². The van der Waals surface area contributed by atoms with Crippen LogP contribution in [0.25, 0.3) is 16.3 Å². The first-order valence-electron chi connectivity index (χ1n) is 19.4. The lowest BCUT2D eigenvalue weighted by atomic mass is 9.99. The summed E-state index contributed by atoms with van der Waals surface area (Å²) in [6.07, 6.45) is 4.68. The van der Waals surface area contributed by atoms with Gasteiger partial charge in [0.25, 0.3) is 0 Å². The van der Waals surface area contributed by atoms with Crippen molar-refractivity contribution in [2.24, 2.45) is 22.6 Å². The lowest BCUT2D eigenvalue weighted by molar-refractivity contribution is -0.135. The van der Waals surface area contributed by atoms with Gasteiger partial charge in [0.2, 0.25) is 11.8 Å². The van der Waals surface area contributed by atoms with E-state index in [2.05, 4.69) is 50.9 Å². The number of hydrogen-bond acceptors (Lipinski definition) is 8. The van der Waals surface area contributed by atoms with Gasteiger partial charge in [0.15, 0.2) is 0 Å². The third kappa shape index (κ3) is 10.1. The maximum Gasteiger partial charge on any atom is 0.407 e. The van der Waals surface area contributed by atoms with Gasteiger partial charge in [-0.25, -0.2) is 19.6 Å². The highest BCUT2D eigenvalue weighted by Gasteiger charge is 2.38. The number of likely N-dealkylation sites (tertiary alicyclic amines) is 2. The molecule has 5 N–H and O–H groups in total. The molecule has 304 valence electrons. The number of nitrogens with one attached hydrogen (secondary N) is 3. The van der Waals surface area contributed by atoms with E-state index in [9.17, 15) is 19.2 Å². The van der Waals surface area contributed by atoms with E-state index in [0.29, 0.717) is 55.1 Å². The van der Waals surface area contributed by atoms with Crippen molar-refractivity contribution in [3.05, 3.63) is 84.1 Å². The molecule has 2 aliphatic rings. The van der Waals surface area contributed by atoms with Crippen molar-refractivity contribution in [2.75, 3.05) is 27.3 Å². The highest BCUT2D eigenvalue weighted by atomic mass is 16.5. The summed E-state index contributed by atoms with van der Waals surface area (Å²) in [4.78, 5) is 67.4. The molecule has 3 aromatic rings. The molecule has 2 fully saturated rings. The SMILES string of the molecule is C=C/C(=C(C#CC#Cc1cnc([C@@H]2CCCN2C(=O)[C@@H](NC(=O)OC)C(C)C)[nH]1)\N=C(/N)[C@@H]1CCCN1C(=O)[C@@H](NC(=O)OC)C(C)C)c1ccc2ccccc2c1. The summed E-state index contributed by atoms with van der Waals surface area (Å²) in [5.74, 6) is 11.9. The topological polar surface area (TPSA) is 184 Å². The lowest BCUT2D eigenvalue weighted by Gasteiger charge is -2.30. The minimum Gasteiger partial charge on any atom is -0.453 e.